The molecule has 0 saturated carbocycles. The van der Waals surface area contributed by atoms with Crippen molar-refractivity contribution in [2.75, 3.05) is 5.32 Å². The number of nitrogens with zero attached hydrogens (tertiary/aromatic N) is 3. The highest BCUT2D eigenvalue weighted by Gasteiger charge is 2.15. The molecule has 0 aliphatic rings. The third-order valence-corrected chi connectivity index (χ3v) is 2.32. The normalized spacial score (nSPS) is 9.05. The van der Waals surface area contributed by atoms with Crippen LogP contribution in [0, 0.1) is 34.0 Å². The zero-order chi connectivity index (χ0) is 15.1. The van der Waals surface area contributed by atoms with Crippen molar-refractivity contribution < 1.29 is 13.5 Å². The lowest BCUT2D eigenvalue weighted by Gasteiger charge is -2.13. The molecule has 0 radical (unpaired) electrons. The van der Waals surface area contributed by atoms with E-state index in [9.17, 15) is 8.78 Å². The fourth-order valence-corrected chi connectivity index (χ4v) is 1.45. The summed E-state index contributed by atoms with van der Waals surface area (Å²) >= 11 is 5.72. The van der Waals surface area contributed by atoms with E-state index in [-0.39, 0.29) is 16.5 Å². The highest BCUT2D eigenvalue weighted by molar-refractivity contribution is 6.32. The van der Waals surface area contributed by atoms with Gasteiger partial charge in [-0.05, 0) is 12.1 Å². The van der Waals surface area contributed by atoms with Crippen molar-refractivity contribution in [2.45, 2.75) is 6.61 Å². The molecule has 100 valence electrons. The van der Waals surface area contributed by atoms with Crippen LogP contribution in [0.5, 0.6) is 5.75 Å². The van der Waals surface area contributed by atoms with E-state index in [0.29, 0.717) is 0 Å². The van der Waals surface area contributed by atoms with Crippen molar-refractivity contribution in [3.8, 4) is 24.0 Å². The van der Waals surface area contributed by atoms with Gasteiger partial charge in [-0.25, -0.2) is 0 Å². The van der Waals surface area contributed by atoms with Crippen LogP contribution in [0.3, 0.4) is 0 Å². The minimum Gasteiger partial charge on any atom is -0.431 e. The number of nitrogens with one attached hydrogen (secondary N) is 1. The molecule has 5 nitrogen and oxygen atoms in total. The van der Waals surface area contributed by atoms with Crippen molar-refractivity contribution in [3.05, 3.63) is 34.5 Å². The molecule has 0 fully saturated rings. The summed E-state index contributed by atoms with van der Waals surface area (Å²) in [5.74, 6) is -0.382. The average molecular weight is 295 g/mol. The van der Waals surface area contributed by atoms with Gasteiger partial charge >= 0.3 is 6.61 Å². The van der Waals surface area contributed by atoms with Gasteiger partial charge in [0.25, 0.3) is 0 Å². The smallest absolute Gasteiger partial charge is 0.387 e. The molecule has 1 aromatic rings. The highest BCUT2D eigenvalue weighted by atomic mass is 35.5. The Hall–Kier alpha value is -2.82. The molecular weight excluding hydrogens is 290 g/mol. The van der Waals surface area contributed by atoms with E-state index in [0.717, 1.165) is 0 Å². The summed E-state index contributed by atoms with van der Waals surface area (Å²) in [7, 11) is 0. The van der Waals surface area contributed by atoms with Gasteiger partial charge in [0, 0.05) is 0 Å². The van der Waals surface area contributed by atoms with E-state index in [1.165, 1.54) is 30.3 Å². The predicted octanol–water partition coefficient (Wildman–Crippen LogP) is 3.18. The molecule has 1 rings (SSSR count). The summed E-state index contributed by atoms with van der Waals surface area (Å²) in [6, 6.07) is 8.66. The van der Waals surface area contributed by atoms with Crippen LogP contribution in [-0.2, 0) is 0 Å². The van der Waals surface area contributed by atoms with Gasteiger partial charge in [0.15, 0.2) is 11.3 Å². The first-order chi connectivity index (χ1) is 9.53. The first kappa shape index (κ1) is 15.2. The number of alkyl halides is 2. The molecule has 20 heavy (non-hydrogen) atoms. The van der Waals surface area contributed by atoms with Crippen molar-refractivity contribution in [1.29, 1.82) is 15.8 Å². The summed E-state index contributed by atoms with van der Waals surface area (Å²) in [6.45, 7) is -3.11. The Kier molecular flexibility index (Phi) is 5.29. The van der Waals surface area contributed by atoms with Gasteiger partial charge in [-0.2, -0.15) is 24.6 Å². The first-order valence-corrected chi connectivity index (χ1v) is 5.36. The fraction of sp³-hybridized carbons (Fsp3) is 0.0833. The van der Waals surface area contributed by atoms with Crippen LogP contribution in [0.25, 0.3) is 0 Å². The number of anilines is 1. The Morgan fingerprint density at radius 3 is 2.35 bits per heavy atom. The Bertz CT molecular complexity index is 652. The Balaban J connectivity index is 3.27. The van der Waals surface area contributed by atoms with Crippen molar-refractivity contribution in [1.82, 2.24) is 0 Å². The molecule has 0 aliphatic heterocycles. The van der Waals surface area contributed by atoms with Crippen LogP contribution in [0.4, 0.5) is 14.5 Å². The van der Waals surface area contributed by atoms with Gasteiger partial charge in [0.2, 0.25) is 0 Å². The van der Waals surface area contributed by atoms with Crippen LogP contribution in [0.15, 0.2) is 29.5 Å². The lowest BCUT2D eigenvalue weighted by Crippen LogP contribution is -2.07. The van der Waals surface area contributed by atoms with Crippen LogP contribution in [-0.4, -0.2) is 6.61 Å². The van der Waals surface area contributed by atoms with Gasteiger partial charge in [-0.3, -0.25) is 0 Å². The number of para-hydroxylation sites is 1. The van der Waals surface area contributed by atoms with E-state index in [1.54, 1.807) is 6.07 Å². The van der Waals surface area contributed by atoms with Gasteiger partial charge in [0.05, 0.1) is 10.7 Å². The minimum absolute atomic E-state index is 0.0580. The van der Waals surface area contributed by atoms with E-state index >= 15 is 0 Å². The lowest BCUT2D eigenvalue weighted by molar-refractivity contribution is -0.0492. The molecule has 0 saturated heterocycles. The molecule has 0 amide bonds. The number of hydrogen-bond donors (Lipinski definition) is 1. The van der Waals surface area contributed by atoms with E-state index in [2.05, 4.69) is 10.1 Å². The molecule has 1 aromatic carbocycles. The van der Waals surface area contributed by atoms with Crippen LogP contribution < -0.4 is 10.1 Å². The molecule has 0 atom stereocenters. The van der Waals surface area contributed by atoms with Gasteiger partial charge in [-0.15, -0.1) is 0 Å². The first-order valence-electron chi connectivity index (χ1n) is 4.98. The number of ether oxygens (including phenoxy) is 1. The van der Waals surface area contributed by atoms with Crippen molar-refractivity contribution in [3.63, 3.8) is 0 Å². The second-order valence-electron chi connectivity index (χ2n) is 3.21. The topological polar surface area (TPSA) is 92.6 Å². The molecule has 0 heterocycles. The highest BCUT2D eigenvalue weighted by Crippen LogP contribution is 2.35. The maximum Gasteiger partial charge on any atom is 0.387 e. The Morgan fingerprint density at radius 1 is 1.20 bits per heavy atom. The van der Waals surface area contributed by atoms with E-state index in [1.807, 2.05) is 0 Å². The predicted molar refractivity (Wildman–Crippen MR) is 65.6 cm³/mol. The Labute approximate surface area is 117 Å². The minimum atomic E-state index is -3.11. The third-order valence-electron chi connectivity index (χ3n) is 2.02. The fourth-order valence-electron chi connectivity index (χ4n) is 1.23. The number of rotatable bonds is 4. The van der Waals surface area contributed by atoms with Gasteiger partial charge < -0.3 is 10.1 Å². The van der Waals surface area contributed by atoms with Crippen molar-refractivity contribution in [2.24, 2.45) is 0 Å². The molecule has 1 N–H and O–H groups in total. The average Bonchev–Trinajstić information content (AvgIpc) is 2.42. The number of nitriles is 3. The summed E-state index contributed by atoms with van der Waals surface area (Å²) in [5.41, 5.74) is -0.941. The largest absolute Gasteiger partial charge is 0.431 e. The zero-order valence-electron chi connectivity index (χ0n) is 9.69. The number of allylic oxidation sites excluding steroid dienone is 2. The van der Waals surface area contributed by atoms with Crippen LogP contribution in [0.2, 0.25) is 5.02 Å². The maximum absolute atomic E-state index is 12.3. The Morgan fingerprint density at radius 2 is 1.85 bits per heavy atom. The molecular formula is C12H5ClF2N4O. The number of benzene rings is 1. The lowest BCUT2D eigenvalue weighted by atomic mass is 10.2. The van der Waals surface area contributed by atoms with Crippen LogP contribution >= 0.6 is 11.6 Å². The molecule has 8 heteroatoms. The zero-order valence-corrected chi connectivity index (χ0v) is 10.4. The van der Waals surface area contributed by atoms with Gasteiger partial charge in [-0.1, -0.05) is 17.7 Å². The van der Waals surface area contributed by atoms with Crippen molar-refractivity contribution >= 4 is 17.3 Å². The summed E-state index contributed by atoms with van der Waals surface area (Å²) in [4.78, 5) is 0. The van der Waals surface area contributed by atoms with Gasteiger partial charge in [0.1, 0.15) is 23.9 Å². The summed E-state index contributed by atoms with van der Waals surface area (Å²) in [5, 5.41) is 28.5. The van der Waals surface area contributed by atoms with Crippen LogP contribution in [0.1, 0.15) is 0 Å². The molecule has 0 unspecified atom stereocenters. The number of halogens is 3. The molecule has 0 bridgehead atoms. The quantitative estimate of drug-likeness (QED) is 0.861. The molecule has 0 aromatic heterocycles. The second-order valence-corrected chi connectivity index (χ2v) is 3.61. The number of hydrogen-bond acceptors (Lipinski definition) is 5. The second kappa shape index (κ2) is 6.94. The molecule has 0 aliphatic carbocycles. The summed E-state index contributed by atoms with van der Waals surface area (Å²) < 4.78 is 28.8. The standard InChI is InChI=1S/C12H5ClF2N4O/c13-8-2-1-3-9(11(8)20-12(14)15)19-10(6-18)7(4-16)5-17/h1-3,12,19H. The summed E-state index contributed by atoms with van der Waals surface area (Å²) in [6.07, 6.45) is 0. The molecule has 0 spiro atoms. The third kappa shape index (κ3) is 3.58. The van der Waals surface area contributed by atoms with E-state index in [4.69, 9.17) is 27.4 Å². The monoisotopic (exact) mass is 294 g/mol. The SMILES string of the molecule is N#CC(C#N)=C(C#N)Nc1cccc(Cl)c1OC(F)F. The van der Waals surface area contributed by atoms with E-state index < -0.39 is 17.9 Å². The maximum atomic E-state index is 12.3.